The lowest BCUT2D eigenvalue weighted by Gasteiger charge is -2.23. The monoisotopic (exact) mass is 151 g/mol. The molecular formula is C5H14NO2P+2. The Labute approximate surface area is 57.5 Å². The molecule has 1 atom stereocenters. The second-order valence-electron chi connectivity index (χ2n) is 2.61. The third-order valence-corrected chi connectivity index (χ3v) is 1.58. The molecule has 0 aromatic carbocycles. The number of rotatable bonds is 4. The average molecular weight is 151 g/mol. The molecule has 0 fully saturated rings. The molecule has 3 nitrogen and oxygen atoms in total. The first-order valence-electron chi connectivity index (χ1n) is 2.93. The molecule has 0 amide bonds. The van der Waals surface area contributed by atoms with Crippen LogP contribution in [0.25, 0.3) is 0 Å². The van der Waals surface area contributed by atoms with Crippen molar-refractivity contribution < 1.29 is 13.6 Å². The molecule has 0 aliphatic heterocycles. The molecule has 0 aromatic heterocycles. The average Bonchev–Trinajstić information content (AvgIpc) is 1.84. The summed E-state index contributed by atoms with van der Waals surface area (Å²) in [4.78, 5) is 0. The first-order chi connectivity index (χ1) is 4.12. The predicted octanol–water partition coefficient (Wildman–Crippen LogP) is 0.996. The number of hydrogen-bond donors (Lipinski definition) is 0. The molecule has 54 valence electrons. The Hall–Kier alpha value is 0.0200. The summed E-state index contributed by atoms with van der Waals surface area (Å²) >= 11 is 0. The number of quaternary nitrogens is 1. The molecule has 0 spiro atoms. The minimum Gasteiger partial charge on any atom is -0.303 e. The normalized spacial score (nSPS) is 12.3. The van der Waals surface area contributed by atoms with Crippen LogP contribution in [0.5, 0.6) is 0 Å². The molecule has 0 aliphatic carbocycles. The fourth-order valence-corrected chi connectivity index (χ4v) is 0.695. The van der Waals surface area contributed by atoms with Crippen LogP contribution in [0.1, 0.15) is 6.92 Å². The van der Waals surface area contributed by atoms with Crippen molar-refractivity contribution in [2.45, 2.75) is 6.92 Å². The summed E-state index contributed by atoms with van der Waals surface area (Å²) in [7, 11) is 3.42. The number of hydrogen-bond acceptors (Lipinski definition) is 2. The van der Waals surface area contributed by atoms with E-state index in [1.807, 2.05) is 14.1 Å². The van der Waals surface area contributed by atoms with Gasteiger partial charge in [0.15, 0.2) is 0 Å². The van der Waals surface area contributed by atoms with Gasteiger partial charge in [0, 0.05) is 0 Å². The van der Waals surface area contributed by atoms with Gasteiger partial charge in [-0.25, -0.2) is 0 Å². The Balaban J connectivity index is 3.44. The topological polar surface area (TPSA) is 26.3 Å². The molecular weight excluding hydrogens is 137 g/mol. The smallest absolute Gasteiger partial charge is 0.303 e. The largest absolute Gasteiger partial charge is 0.499 e. The first kappa shape index (κ1) is 9.02. The van der Waals surface area contributed by atoms with Crippen LogP contribution in [0.15, 0.2) is 0 Å². The van der Waals surface area contributed by atoms with Crippen LogP contribution >= 0.6 is 8.69 Å². The molecule has 0 heterocycles. The van der Waals surface area contributed by atoms with Crippen molar-refractivity contribution in [3.63, 3.8) is 0 Å². The summed E-state index contributed by atoms with van der Waals surface area (Å²) in [5, 5.41) is 0. The molecule has 4 heteroatoms. The summed E-state index contributed by atoms with van der Waals surface area (Å²) in [6.45, 7) is 3.58. The van der Waals surface area contributed by atoms with Crippen LogP contribution < -0.4 is 0 Å². The zero-order valence-electron chi connectivity index (χ0n) is 6.18. The summed E-state index contributed by atoms with van der Waals surface area (Å²) in [5.74, 6) is 0. The van der Waals surface area contributed by atoms with Crippen LogP contribution in [0.2, 0.25) is 0 Å². The van der Waals surface area contributed by atoms with E-state index in [1.165, 1.54) is 0 Å². The van der Waals surface area contributed by atoms with E-state index in [2.05, 4.69) is 6.92 Å². The molecule has 9 heavy (non-hydrogen) atoms. The lowest BCUT2D eigenvalue weighted by atomic mass is 10.6. The molecule has 1 unspecified atom stereocenters. The quantitative estimate of drug-likeness (QED) is 0.340. The lowest BCUT2D eigenvalue weighted by Crippen LogP contribution is -2.40. The van der Waals surface area contributed by atoms with Crippen LogP contribution in [-0.2, 0) is 9.09 Å². The third kappa shape index (κ3) is 4.52. The highest BCUT2D eigenvalue weighted by Gasteiger charge is 2.13. The minimum absolute atomic E-state index is 0.526. The van der Waals surface area contributed by atoms with Gasteiger partial charge in [0.25, 0.3) is 0 Å². The lowest BCUT2D eigenvalue weighted by molar-refractivity contribution is -0.904. The maximum Gasteiger partial charge on any atom is 0.499 e. The van der Waals surface area contributed by atoms with Gasteiger partial charge >= 0.3 is 8.69 Å². The number of nitrogens with zero attached hydrogens (tertiary/aromatic N) is 1. The maximum atomic E-state index is 9.89. The standard InChI is InChI=1S/C5H14NO2P/c1-4-6(2,3)5-8-9-7/h9H,4-5H2,1-3H3/q+2. The van der Waals surface area contributed by atoms with Gasteiger partial charge in [-0.1, -0.05) is 4.52 Å². The van der Waals surface area contributed by atoms with Gasteiger partial charge in [0.05, 0.1) is 20.6 Å². The van der Waals surface area contributed by atoms with Crippen molar-refractivity contribution in [2.75, 3.05) is 27.4 Å². The van der Waals surface area contributed by atoms with Gasteiger partial charge in [0.1, 0.15) is 0 Å². The van der Waals surface area contributed by atoms with Crippen molar-refractivity contribution in [1.29, 1.82) is 0 Å². The maximum absolute atomic E-state index is 9.89. The van der Waals surface area contributed by atoms with Crippen LogP contribution in [0, 0.1) is 0 Å². The van der Waals surface area contributed by atoms with E-state index < -0.39 is 8.69 Å². The summed E-state index contributed by atoms with van der Waals surface area (Å²) in [6, 6.07) is 0. The highest BCUT2D eigenvalue weighted by molar-refractivity contribution is 7.17. The van der Waals surface area contributed by atoms with E-state index in [-0.39, 0.29) is 0 Å². The van der Waals surface area contributed by atoms with Gasteiger partial charge in [-0.3, -0.25) is 0 Å². The van der Waals surface area contributed by atoms with Gasteiger partial charge in [-0.15, -0.1) is 0 Å². The molecule has 0 saturated heterocycles. The van der Waals surface area contributed by atoms with E-state index in [4.69, 9.17) is 4.52 Å². The Bertz CT molecular complexity index is 95.0. The van der Waals surface area contributed by atoms with Crippen molar-refractivity contribution in [2.24, 2.45) is 0 Å². The minimum atomic E-state index is -0.631. The third-order valence-electron chi connectivity index (χ3n) is 1.33. The van der Waals surface area contributed by atoms with Crippen LogP contribution in [0.3, 0.4) is 0 Å². The Morgan fingerprint density at radius 3 is 2.44 bits per heavy atom. The Morgan fingerprint density at radius 1 is 1.56 bits per heavy atom. The van der Waals surface area contributed by atoms with E-state index in [0.29, 0.717) is 6.73 Å². The van der Waals surface area contributed by atoms with Crippen LogP contribution in [0.4, 0.5) is 0 Å². The fourth-order valence-electron chi connectivity index (χ4n) is 0.292. The molecule has 0 radical (unpaired) electrons. The molecule has 0 rings (SSSR count). The van der Waals surface area contributed by atoms with Crippen molar-refractivity contribution in [1.82, 2.24) is 0 Å². The highest BCUT2D eigenvalue weighted by Crippen LogP contribution is 2.01. The van der Waals surface area contributed by atoms with Crippen molar-refractivity contribution >= 4 is 8.69 Å². The van der Waals surface area contributed by atoms with E-state index in [9.17, 15) is 4.57 Å². The second kappa shape index (κ2) is 3.94. The second-order valence-corrected chi connectivity index (χ2v) is 3.06. The molecule has 0 aromatic rings. The Morgan fingerprint density at radius 2 is 2.11 bits per heavy atom. The van der Waals surface area contributed by atoms with Gasteiger partial charge in [0.2, 0.25) is 6.73 Å². The highest BCUT2D eigenvalue weighted by atomic mass is 31.1. The predicted molar refractivity (Wildman–Crippen MR) is 37.6 cm³/mol. The zero-order chi connectivity index (χ0) is 7.33. The first-order valence-corrected chi connectivity index (χ1v) is 3.75. The van der Waals surface area contributed by atoms with Gasteiger partial charge in [-0.05, 0) is 11.5 Å². The summed E-state index contributed by atoms with van der Waals surface area (Å²) in [5.41, 5.74) is 0. The molecule has 0 N–H and O–H groups in total. The summed E-state index contributed by atoms with van der Waals surface area (Å²) < 4.78 is 15.4. The SMILES string of the molecule is CC[N+](C)(C)CO[PH+]=O. The zero-order valence-corrected chi connectivity index (χ0v) is 7.18. The Kier molecular flexibility index (Phi) is 3.95. The summed E-state index contributed by atoms with van der Waals surface area (Å²) in [6.07, 6.45) is 0. The molecule has 0 aliphatic rings. The van der Waals surface area contributed by atoms with Gasteiger partial charge < -0.3 is 4.48 Å². The van der Waals surface area contributed by atoms with E-state index in [1.54, 1.807) is 0 Å². The van der Waals surface area contributed by atoms with Gasteiger partial charge in [-0.2, -0.15) is 0 Å². The molecule has 0 bridgehead atoms. The van der Waals surface area contributed by atoms with E-state index >= 15 is 0 Å². The fraction of sp³-hybridized carbons (Fsp3) is 1.00. The van der Waals surface area contributed by atoms with E-state index in [0.717, 1.165) is 11.0 Å². The van der Waals surface area contributed by atoms with Crippen LogP contribution in [-0.4, -0.2) is 31.9 Å². The molecule has 0 saturated carbocycles. The van der Waals surface area contributed by atoms with Crippen molar-refractivity contribution in [3.05, 3.63) is 0 Å². The van der Waals surface area contributed by atoms with Crippen molar-refractivity contribution in [3.8, 4) is 0 Å².